The molecule has 0 unspecified atom stereocenters. The number of hydrogen-bond acceptors (Lipinski definition) is 4. The average Bonchev–Trinajstić information content (AvgIpc) is 3.12. The maximum atomic E-state index is 12.9. The van der Waals surface area contributed by atoms with Crippen LogP contribution in [0.1, 0.15) is 5.56 Å². The van der Waals surface area contributed by atoms with Crippen molar-refractivity contribution in [1.82, 2.24) is 9.13 Å². The molecule has 0 bridgehead atoms. The van der Waals surface area contributed by atoms with Gasteiger partial charge in [-0.1, -0.05) is 60.7 Å². The minimum atomic E-state index is -0.415. The van der Waals surface area contributed by atoms with Crippen LogP contribution in [0.2, 0.25) is 0 Å². The van der Waals surface area contributed by atoms with Crippen LogP contribution in [0, 0.1) is 0 Å². The number of aryl methyl sites for hydroxylation is 1. The molecule has 142 valence electrons. The molecule has 0 saturated heterocycles. The lowest BCUT2D eigenvalue weighted by atomic mass is 10.1. The van der Waals surface area contributed by atoms with E-state index in [1.807, 2.05) is 48.5 Å². The van der Waals surface area contributed by atoms with Crippen LogP contribution in [0.4, 0.5) is 5.88 Å². The van der Waals surface area contributed by atoms with E-state index in [1.165, 1.54) is 17.2 Å². The van der Waals surface area contributed by atoms with Crippen LogP contribution in [-0.4, -0.2) is 15.7 Å². The molecule has 0 atom stereocenters. The summed E-state index contributed by atoms with van der Waals surface area (Å²) in [6.45, 7) is 0.637. The number of nitrogens with zero attached hydrogens (tertiary/aromatic N) is 2. The number of aromatic nitrogens is 2. The predicted molar refractivity (Wildman–Crippen MR) is 111 cm³/mol. The van der Waals surface area contributed by atoms with Crippen LogP contribution in [0.5, 0.6) is 0 Å². The molecular weight excluding hydrogens is 354 g/mol. The number of furan rings is 1. The van der Waals surface area contributed by atoms with Crippen LogP contribution in [0.3, 0.4) is 0 Å². The van der Waals surface area contributed by atoms with E-state index >= 15 is 0 Å². The molecule has 0 aliphatic heterocycles. The topological polar surface area (TPSA) is 69.2 Å². The fourth-order valence-corrected chi connectivity index (χ4v) is 3.39. The van der Waals surface area contributed by atoms with Crippen molar-refractivity contribution in [2.24, 2.45) is 14.1 Å². The lowest BCUT2D eigenvalue weighted by Gasteiger charge is -2.07. The molecule has 0 saturated carbocycles. The Bertz CT molecular complexity index is 1240. The zero-order valence-corrected chi connectivity index (χ0v) is 15.8. The maximum Gasteiger partial charge on any atom is 0.333 e. The van der Waals surface area contributed by atoms with Gasteiger partial charge in [0.2, 0.25) is 11.6 Å². The van der Waals surface area contributed by atoms with Gasteiger partial charge in [0.05, 0.1) is 5.56 Å². The van der Waals surface area contributed by atoms with E-state index < -0.39 is 5.69 Å². The molecule has 2 aromatic heterocycles. The lowest BCUT2D eigenvalue weighted by molar-refractivity contribution is 0.573. The highest BCUT2D eigenvalue weighted by atomic mass is 16.4. The second kappa shape index (κ2) is 7.23. The Balaban J connectivity index is 1.83. The van der Waals surface area contributed by atoms with E-state index in [0.29, 0.717) is 23.4 Å². The van der Waals surface area contributed by atoms with Gasteiger partial charge in [0.25, 0.3) is 5.56 Å². The summed E-state index contributed by atoms with van der Waals surface area (Å²) in [4.78, 5) is 25.2. The number of nitrogens with one attached hydrogen (secondary N) is 1. The first kappa shape index (κ1) is 17.9. The van der Waals surface area contributed by atoms with Crippen molar-refractivity contribution >= 4 is 17.0 Å². The van der Waals surface area contributed by atoms with Crippen LogP contribution in [0.15, 0.2) is 74.7 Å². The first-order chi connectivity index (χ1) is 13.6. The van der Waals surface area contributed by atoms with Crippen LogP contribution in [-0.2, 0) is 20.5 Å². The second-order valence-corrected chi connectivity index (χ2v) is 6.72. The van der Waals surface area contributed by atoms with Gasteiger partial charge in [-0.2, -0.15) is 0 Å². The van der Waals surface area contributed by atoms with E-state index in [1.54, 1.807) is 7.05 Å². The van der Waals surface area contributed by atoms with Gasteiger partial charge in [-0.05, 0) is 17.5 Å². The molecule has 4 rings (SSSR count). The van der Waals surface area contributed by atoms with Crippen molar-refractivity contribution in [2.45, 2.75) is 6.42 Å². The summed E-state index contributed by atoms with van der Waals surface area (Å²) in [6.07, 6.45) is 0.809. The SMILES string of the molecule is Cn1c(=O)c2c(-c3ccccc3)c(NCCc3ccccc3)oc2n(C)c1=O. The van der Waals surface area contributed by atoms with Crippen LogP contribution in [0.25, 0.3) is 22.2 Å². The molecule has 6 heteroatoms. The molecule has 1 N–H and O–H groups in total. The number of hydrogen-bond donors (Lipinski definition) is 1. The van der Waals surface area contributed by atoms with Crippen molar-refractivity contribution < 1.29 is 4.42 Å². The van der Waals surface area contributed by atoms with Gasteiger partial charge < -0.3 is 9.73 Å². The first-order valence-corrected chi connectivity index (χ1v) is 9.13. The van der Waals surface area contributed by atoms with Crippen LogP contribution < -0.4 is 16.6 Å². The van der Waals surface area contributed by atoms with Gasteiger partial charge in [-0.25, -0.2) is 4.79 Å². The Morgan fingerprint density at radius 2 is 1.54 bits per heavy atom. The second-order valence-electron chi connectivity index (χ2n) is 6.72. The molecular formula is C22H21N3O3. The van der Waals surface area contributed by atoms with E-state index in [9.17, 15) is 9.59 Å². The highest BCUT2D eigenvalue weighted by molar-refractivity contribution is 5.98. The zero-order chi connectivity index (χ0) is 19.7. The van der Waals surface area contributed by atoms with Crippen molar-refractivity contribution in [3.05, 3.63) is 87.1 Å². The Kier molecular flexibility index (Phi) is 4.61. The Morgan fingerprint density at radius 3 is 2.21 bits per heavy atom. The van der Waals surface area contributed by atoms with Gasteiger partial charge in [0, 0.05) is 20.6 Å². The molecule has 0 aliphatic carbocycles. The summed E-state index contributed by atoms with van der Waals surface area (Å²) < 4.78 is 8.45. The average molecular weight is 375 g/mol. The van der Waals surface area contributed by atoms with E-state index in [4.69, 9.17) is 4.42 Å². The molecule has 4 aromatic rings. The molecule has 0 fully saturated rings. The summed E-state index contributed by atoms with van der Waals surface area (Å²) in [5, 5.41) is 3.71. The smallest absolute Gasteiger partial charge is 0.333 e. The summed E-state index contributed by atoms with van der Waals surface area (Å²) in [7, 11) is 3.09. The minimum Gasteiger partial charge on any atom is -0.423 e. The van der Waals surface area contributed by atoms with Crippen molar-refractivity contribution in [1.29, 1.82) is 0 Å². The van der Waals surface area contributed by atoms with E-state index in [-0.39, 0.29) is 11.3 Å². The normalized spacial score (nSPS) is 11.1. The molecule has 0 amide bonds. The lowest BCUT2D eigenvalue weighted by Crippen LogP contribution is -2.36. The summed E-state index contributed by atoms with van der Waals surface area (Å²) >= 11 is 0. The third kappa shape index (κ3) is 3.03. The molecule has 2 aromatic carbocycles. The largest absolute Gasteiger partial charge is 0.423 e. The Hall–Kier alpha value is -3.54. The highest BCUT2D eigenvalue weighted by Crippen LogP contribution is 2.36. The summed E-state index contributed by atoms with van der Waals surface area (Å²) in [5.41, 5.74) is 2.24. The van der Waals surface area contributed by atoms with Gasteiger partial charge in [0.15, 0.2) is 0 Å². The van der Waals surface area contributed by atoms with Crippen LogP contribution >= 0.6 is 0 Å². The Morgan fingerprint density at radius 1 is 0.893 bits per heavy atom. The van der Waals surface area contributed by atoms with E-state index in [2.05, 4.69) is 17.4 Å². The molecule has 2 heterocycles. The van der Waals surface area contributed by atoms with Gasteiger partial charge in [-0.3, -0.25) is 13.9 Å². The molecule has 0 spiro atoms. The molecule has 28 heavy (non-hydrogen) atoms. The number of benzene rings is 2. The quantitative estimate of drug-likeness (QED) is 0.582. The fourth-order valence-electron chi connectivity index (χ4n) is 3.39. The zero-order valence-electron chi connectivity index (χ0n) is 15.8. The van der Waals surface area contributed by atoms with E-state index in [0.717, 1.165) is 16.6 Å². The van der Waals surface area contributed by atoms with Gasteiger partial charge in [-0.15, -0.1) is 0 Å². The molecule has 0 radical (unpaired) electrons. The highest BCUT2D eigenvalue weighted by Gasteiger charge is 2.22. The van der Waals surface area contributed by atoms with Gasteiger partial charge >= 0.3 is 5.69 Å². The van der Waals surface area contributed by atoms with Crippen molar-refractivity contribution in [3.8, 4) is 11.1 Å². The summed E-state index contributed by atoms with van der Waals surface area (Å²) in [6, 6.07) is 19.7. The fraction of sp³-hybridized carbons (Fsp3) is 0.182. The third-order valence-electron chi connectivity index (χ3n) is 4.89. The van der Waals surface area contributed by atoms with Crippen molar-refractivity contribution in [3.63, 3.8) is 0 Å². The minimum absolute atomic E-state index is 0.272. The standard InChI is InChI=1S/C22H21N3O3/c1-24-20(26)18-17(16-11-7-4-8-12-16)19(28-21(18)25(2)22(24)27)23-14-13-15-9-5-3-6-10-15/h3-12,23H,13-14H2,1-2H3. The number of rotatable bonds is 5. The van der Waals surface area contributed by atoms with Crippen molar-refractivity contribution in [2.75, 3.05) is 11.9 Å². The van der Waals surface area contributed by atoms with Gasteiger partial charge in [0.1, 0.15) is 5.39 Å². The first-order valence-electron chi connectivity index (χ1n) is 9.13. The maximum absolute atomic E-state index is 12.9. The third-order valence-corrected chi connectivity index (χ3v) is 4.89. The predicted octanol–water partition coefficient (Wildman–Crippen LogP) is 3.15. The Labute approximate surface area is 161 Å². The number of anilines is 1. The molecule has 0 aliphatic rings. The monoisotopic (exact) mass is 375 g/mol. The molecule has 6 nitrogen and oxygen atoms in total. The summed E-state index contributed by atoms with van der Waals surface area (Å²) in [5.74, 6) is 0.496. The number of fused-ring (bicyclic) bond motifs is 1.